The molecule has 2 aromatic heterocycles. The summed E-state index contributed by atoms with van der Waals surface area (Å²) in [7, 11) is 1.87. The number of H-pyrrole nitrogens is 1. The molecule has 0 spiro atoms. The number of hydrogen-bond donors (Lipinski definition) is 3. The van der Waals surface area contributed by atoms with Crippen molar-refractivity contribution in [3.8, 4) is 0 Å². The van der Waals surface area contributed by atoms with Crippen LogP contribution in [0.1, 0.15) is 44.7 Å². The number of alkyl carbamates (subject to hydrolysis) is 1. The maximum absolute atomic E-state index is 11.7. The minimum absolute atomic E-state index is 0.0377. The van der Waals surface area contributed by atoms with Gasteiger partial charge in [-0.25, -0.2) is 4.79 Å². The lowest BCUT2D eigenvalue weighted by molar-refractivity contribution is 0.0981. The van der Waals surface area contributed by atoms with Gasteiger partial charge in [0.25, 0.3) is 0 Å². The molecular formula is C16H24N6O2. The highest BCUT2D eigenvalue weighted by atomic mass is 16.6. The Bertz CT molecular complexity index is 692. The monoisotopic (exact) mass is 332 g/mol. The van der Waals surface area contributed by atoms with E-state index in [2.05, 4.69) is 25.9 Å². The molecule has 8 heteroatoms. The minimum Gasteiger partial charge on any atom is -0.446 e. The Hall–Kier alpha value is -2.51. The van der Waals surface area contributed by atoms with E-state index in [9.17, 15) is 4.79 Å². The van der Waals surface area contributed by atoms with E-state index < -0.39 is 0 Å². The standard InChI is InChI=1S/C16H24N6O2/c1-10(2)17-16(23)24-12-5-4-11(8-12)13-9-15(20-19-13)18-14-6-7-22(3)21-14/h6-7,9-12H,4-5,8H2,1-3H3,(H,17,23)(H2,18,19,20,21)/t11-,12+/m0/s1. The zero-order valence-corrected chi connectivity index (χ0v) is 14.2. The summed E-state index contributed by atoms with van der Waals surface area (Å²) in [6.07, 6.45) is 4.17. The fourth-order valence-electron chi connectivity index (χ4n) is 2.97. The number of anilines is 2. The summed E-state index contributed by atoms with van der Waals surface area (Å²) in [4.78, 5) is 11.7. The summed E-state index contributed by atoms with van der Waals surface area (Å²) in [5, 5.41) is 17.6. The van der Waals surface area contributed by atoms with Crippen molar-refractivity contribution in [2.75, 3.05) is 5.32 Å². The summed E-state index contributed by atoms with van der Waals surface area (Å²) in [5.74, 6) is 1.83. The molecule has 130 valence electrons. The van der Waals surface area contributed by atoms with E-state index in [-0.39, 0.29) is 18.2 Å². The van der Waals surface area contributed by atoms with Crippen LogP contribution in [0.25, 0.3) is 0 Å². The highest BCUT2D eigenvalue weighted by Gasteiger charge is 2.30. The number of aryl methyl sites for hydroxylation is 1. The smallest absolute Gasteiger partial charge is 0.407 e. The van der Waals surface area contributed by atoms with Crippen LogP contribution >= 0.6 is 0 Å². The van der Waals surface area contributed by atoms with Gasteiger partial charge in [0.2, 0.25) is 0 Å². The van der Waals surface area contributed by atoms with Crippen molar-refractivity contribution in [1.82, 2.24) is 25.3 Å². The molecule has 24 heavy (non-hydrogen) atoms. The zero-order valence-electron chi connectivity index (χ0n) is 14.2. The molecule has 2 aromatic rings. The van der Waals surface area contributed by atoms with Crippen molar-refractivity contribution in [2.45, 2.75) is 51.2 Å². The second-order valence-corrected chi connectivity index (χ2v) is 6.54. The predicted octanol–water partition coefficient (Wildman–Crippen LogP) is 2.66. The number of hydrogen-bond acceptors (Lipinski definition) is 5. The fraction of sp³-hybridized carbons (Fsp3) is 0.562. The van der Waals surface area contributed by atoms with Crippen LogP contribution in [0.15, 0.2) is 18.3 Å². The third-order valence-electron chi connectivity index (χ3n) is 4.07. The Morgan fingerprint density at radius 3 is 2.96 bits per heavy atom. The number of aromatic amines is 1. The average Bonchev–Trinajstić information content (AvgIpc) is 3.20. The van der Waals surface area contributed by atoms with Crippen LogP contribution in [0.2, 0.25) is 0 Å². The van der Waals surface area contributed by atoms with Gasteiger partial charge >= 0.3 is 6.09 Å². The zero-order chi connectivity index (χ0) is 17.1. The lowest BCUT2D eigenvalue weighted by Crippen LogP contribution is -2.33. The van der Waals surface area contributed by atoms with E-state index >= 15 is 0 Å². The second-order valence-electron chi connectivity index (χ2n) is 6.54. The first kappa shape index (κ1) is 16.4. The Labute approximate surface area is 141 Å². The number of ether oxygens (including phenoxy) is 1. The quantitative estimate of drug-likeness (QED) is 0.782. The molecule has 2 heterocycles. The van der Waals surface area contributed by atoms with E-state index in [4.69, 9.17) is 4.74 Å². The lowest BCUT2D eigenvalue weighted by Gasteiger charge is -2.14. The molecule has 1 fully saturated rings. The molecule has 3 rings (SSSR count). The van der Waals surface area contributed by atoms with Gasteiger partial charge in [-0.15, -0.1) is 0 Å². The lowest BCUT2D eigenvalue weighted by atomic mass is 10.0. The topological polar surface area (TPSA) is 96.9 Å². The van der Waals surface area contributed by atoms with Gasteiger partial charge in [0.1, 0.15) is 6.10 Å². The van der Waals surface area contributed by atoms with Gasteiger partial charge in [0.15, 0.2) is 11.6 Å². The van der Waals surface area contributed by atoms with Crippen LogP contribution in [-0.2, 0) is 11.8 Å². The van der Waals surface area contributed by atoms with Gasteiger partial charge in [-0.2, -0.15) is 10.2 Å². The Morgan fingerprint density at radius 2 is 2.25 bits per heavy atom. The summed E-state index contributed by atoms with van der Waals surface area (Å²) < 4.78 is 7.20. The SMILES string of the molecule is CC(C)NC(=O)O[C@@H]1CC[C@H](c2cc(Nc3ccn(C)n3)n[nH]2)C1. The Kier molecular flexibility index (Phi) is 4.73. The number of amides is 1. The third-order valence-corrected chi connectivity index (χ3v) is 4.07. The molecule has 0 saturated heterocycles. The summed E-state index contributed by atoms with van der Waals surface area (Å²) >= 11 is 0. The average molecular weight is 332 g/mol. The molecule has 1 aliphatic rings. The molecule has 1 saturated carbocycles. The molecule has 0 aliphatic heterocycles. The highest BCUT2D eigenvalue weighted by Crippen LogP contribution is 2.36. The first-order valence-corrected chi connectivity index (χ1v) is 8.28. The van der Waals surface area contributed by atoms with Crippen LogP contribution < -0.4 is 10.6 Å². The number of rotatable bonds is 5. The molecule has 0 bridgehead atoms. The number of carbonyl (C=O) groups excluding carboxylic acids is 1. The van der Waals surface area contributed by atoms with Crippen molar-refractivity contribution in [3.63, 3.8) is 0 Å². The van der Waals surface area contributed by atoms with E-state index in [1.807, 2.05) is 39.2 Å². The Morgan fingerprint density at radius 1 is 1.42 bits per heavy atom. The number of nitrogens with one attached hydrogen (secondary N) is 3. The van der Waals surface area contributed by atoms with E-state index in [1.54, 1.807) is 4.68 Å². The van der Waals surface area contributed by atoms with Gasteiger partial charge in [-0.1, -0.05) is 0 Å². The third kappa shape index (κ3) is 4.06. The van der Waals surface area contributed by atoms with Crippen molar-refractivity contribution in [2.24, 2.45) is 7.05 Å². The fourth-order valence-corrected chi connectivity index (χ4v) is 2.97. The van der Waals surface area contributed by atoms with E-state index in [0.29, 0.717) is 5.92 Å². The minimum atomic E-state index is -0.335. The van der Waals surface area contributed by atoms with Crippen LogP contribution in [0.3, 0.4) is 0 Å². The summed E-state index contributed by atoms with van der Waals surface area (Å²) in [6, 6.07) is 3.97. The van der Waals surface area contributed by atoms with Crippen molar-refractivity contribution < 1.29 is 9.53 Å². The van der Waals surface area contributed by atoms with Crippen LogP contribution in [0.5, 0.6) is 0 Å². The summed E-state index contributed by atoms with van der Waals surface area (Å²) in [5.41, 5.74) is 1.06. The largest absolute Gasteiger partial charge is 0.446 e. The first-order valence-electron chi connectivity index (χ1n) is 8.28. The van der Waals surface area contributed by atoms with Gasteiger partial charge in [-0.05, 0) is 33.1 Å². The van der Waals surface area contributed by atoms with Crippen LogP contribution in [-0.4, -0.2) is 38.2 Å². The van der Waals surface area contributed by atoms with E-state index in [0.717, 1.165) is 36.6 Å². The molecule has 0 aromatic carbocycles. The van der Waals surface area contributed by atoms with Gasteiger partial charge in [-0.3, -0.25) is 9.78 Å². The van der Waals surface area contributed by atoms with Gasteiger partial charge in [0.05, 0.1) is 0 Å². The van der Waals surface area contributed by atoms with Crippen molar-refractivity contribution >= 4 is 17.7 Å². The normalized spacial score (nSPS) is 20.3. The molecule has 8 nitrogen and oxygen atoms in total. The van der Waals surface area contributed by atoms with Gasteiger partial charge in [0, 0.05) is 43.0 Å². The second kappa shape index (κ2) is 6.94. The molecular weight excluding hydrogens is 308 g/mol. The summed E-state index contributed by atoms with van der Waals surface area (Å²) in [6.45, 7) is 3.83. The van der Waals surface area contributed by atoms with Crippen molar-refractivity contribution in [1.29, 1.82) is 0 Å². The maximum atomic E-state index is 11.7. The molecule has 0 radical (unpaired) electrons. The Balaban J connectivity index is 1.53. The number of aromatic nitrogens is 4. The number of carbonyl (C=O) groups is 1. The number of nitrogens with zero attached hydrogens (tertiary/aromatic N) is 3. The van der Waals surface area contributed by atoms with Crippen LogP contribution in [0, 0.1) is 0 Å². The predicted molar refractivity (Wildman–Crippen MR) is 90.2 cm³/mol. The molecule has 2 atom stereocenters. The molecule has 1 aliphatic carbocycles. The maximum Gasteiger partial charge on any atom is 0.407 e. The molecule has 0 unspecified atom stereocenters. The molecule has 3 N–H and O–H groups in total. The van der Waals surface area contributed by atoms with Gasteiger partial charge < -0.3 is 15.4 Å². The van der Waals surface area contributed by atoms with Crippen molar-refractivity contribution in [3.05, 3.63) is 24.0 Å². The van der Waals surface area contributed by atoms with Crippen LogP contribution in [0.4, 0.5) is 16.4 Å². The molecule has 1 amide bonds. The highest BCUT2D eigenvalue weighted by molar-refractivity contribution is 5.67. The first-order chi connectivity index (χ1) is 11.5. The van der Waals surface area contributed by atoms with E-state index in [1.165, 1.54) is 0 Å².